The van der Waals surface area contributed by atoms with E-state index >= 15 is 0 Å². The van der Waals surface area contributed by atoms with E-state index in [-0.39, 0.29) is 29.8 Å². The molecule has 0 atom stereocenters. The molecular weight excluding hydrogens is 431 g/mol. The van der Waals surface area contributed by atoms with Crippen LogP contribution in [0.5, 0.6) is 0 Å². The van der Waals surface area contributed by atoms with Gasteiger partial charge in [-0.2, -0.15) is 0 Å². The molecule has 1 saturated heterocycles. The van der Waals surface area contributed by atoms with Crippen LogP contribution in [-0.2, 0) is 11.2 Å². The first-order valence-corrected chi connectivity index (χ1v) is 11.4. The number of aromatic nitrogens is 2. The van der Waals surface area contributed by atoms with E-state index in [1.165, 1.54) is 6.07 Å². The molecule has 1 aliphatic rings. The van der Waals surface area contributed by atoms with Crippen molar-refractivity contribution < 1.29 is 14.0 Å². The number of amides is 2. The van der Waals surface area contributed by atoms with Gasteiger partial charge in [-0.1, -0.05) is 24.3 Å². The molecular formula is C27H25FN4O2. The molecule has 5 rings (SSSR count). The smallest absolute Gasteiger partial charge is 0.253 e. The quantitative estimate of drug-likeness (QED) is 0.474. The zero-order chi connectivity index (χ0) is 23.5. The highest BCUT2D eigenvalue weighted by molar-refractivity contribution is 5.94. The Hall–Kier alpha value is -4.00. The predicted molar refractivity (Wildman–Crippen MR) is 128 cm³/mol. The summed E-state index contributed by atoms with van der Waals surface area (Å²) < 4.78 is 16.7. The highest BCUT2D eigenvalue weighted by atomic mass is 19.1. The van der Waals surface area contributed by atoms with Crippen LogP contribution in [0.3, 0.4) is 0 Å². The van der Waals surface area contributed by atoms with E-state index < -0.39 is 5.82 Å². The van der Waals surface area contributed by atoms with Crippen molar-refractivity contribution in [3.8, 4) is 0 Å². The van der Waals surface area contributed by atoms with Gasteiger partial charge in [0.1, 0.15) is 11.5 Å². The number of carbonyl (C=O) groups excluding carboxylic acids is 2. The van der Waals surface area contributed by atoms with Gasteiger partial charge < -0.3 is 14.6 Å². The van der Waals surface area contributed by atoms with Crippen molar-refractivity contribution in [2.45, 2.75) is 25.2 Å². The van der Waals surface area contributed by atoms with Crippen LogP contribution in [0, 0.1) is 5.82 Å². The van der Waals surface area contributed by atoms with Crippen LogP contribution in [0.25, 0.3) is 5.65 Å². The van der Waals surface area contributed by atoms with Gasteiger partial charge in [-0.3, -0.25) is 9.59 Å². The van der Waals surface area contributed by atoms with Crippen molar-refractivity contribution in [2.75, 3.05) is 18.4 Å². The summed E-state index contributed by atoms with van der Waals surface area (Å²) in [4.78, 5) is 31.2. The van der Waals surface area contributed by atoms with Gasteiger partial charge in [0.2, 0.25) is 5.91 Å². The lowest BCUT2D eigenvalue weighted by molar-refractivity contribution is -0.115. The number of nitrogens with zero attached hydrogens (tertiary/aromatic N) is 3. The average Bonchev–Trinajstić information content (AvgIpc) is 3.33. The van der Waals surface area contributed by atoms with E-state index in [0.29, 0.717) is 18.7 Å². The fourth-order valence-electron chi connectivity index (χ4n) is 4.51. The summed E-state index contributed by atoms with van der Waals surface area (Å²) >= 11 is 0. The van der Waals surface area contributed by atoms with Gasteiger partial charge in [-0.05, 0) is 66.3 Å². The van der Waals surface area contributed by atoms with Crippen molar-refractivity contribution >= 4 is 23.1 Å². The Labute approximate surface area is 197 Å². The number of imidazole rings is 1. The molecule has 2 amide bonds. The van der Waals surface area contributed by atoms with E-state index in [0.717, 1.165) is 29.6 Å². The van der Waals surface area contributed by atoms with Crippen LogP contribution in [-0.4, -0.2) is 39.2 Å². The van der Waals surface area contributed by atoms with Crippen molar-refractivity contribution in [1.29, 1.82) is 0 Å². The minimum atomic E-state index is -0.447. The highest BCUT2D eigenvalue weighted by Crippen LogP contribution is 2.30. The van der Waals surface area contributed by atoms with E-state index in [2.05, 4.69) is 10.3 Å². The molecule has 4 aromatic rings. The molecule has 0 bridgehead atoms. The molecule has 1 N–H and O–H groups in total. The van der Waals surface area contributed by atoms with E-state index in [1.807, 2.05) is 70.2 Å². The Balaban J connectivity index is 1.18. The van der Waals surface area contributed by atoms with Crippen molar-refractivity contribution in [3.05, 3.63) is 102 Å². The van der Waals surface area contributed by atoms with Crippen molar-refractivity contribution in [2.24, 2.45) is 0 Å². The maximum atomic E-state index is 14.8. The average molecular weight is 457 g/mol. The van der Waals surface area contributed by atoms with Crippen LogP contribution >= 0.6 is 0 Å². The summed E-state index contributed by atoms with van der Waals surface area (Å²) in [5.41, 5.74) is 3.33. The minimum absolute atomic E-state index is 0.0372. The van der Waals surface area contributed by atoms with Gasteiger partial charge >= 0.3 is 0 Å². The third kappa shape index (κ3) is 4.69. The molecule has 1 fully saturated rings. The molecule has 1 aliphatic heterocycles. The number of hydrogen-bond donors (Lipinski definition) is 1. The number of likely N-dealkylation sites (tertiary alicyclic amines) is 1. The van der Waals surface area contributed by atoms with Gasteiger partial charge in [0, 0.05) is 37.2 Å². The molecule has 2 aromatic carbocycles. The Bertz CT molecular complexity index is 1330. The zero-order valence-electron chi connectivity index (χ0n) is 18.7. The zero-order valence-corrected chi connectivity index (χ0v) is 18.7. The lowest BCUT2D eigenvalue weighted by atomic mass is 9.89. The third-order valence-corrected chi connectivity index (χ3v) is 6.37. The molecule has 172 valence electrons. The van der Waals surface area contributed by atoms with Gasteiger partial charge in [0.15, 0.2) is 0 Å². The number of anilines is 1. The Kier molecular flexibility index (Phi) is 6.08. The van der Waals surface area contributed by atoms with Crippen LogP contribution in [0.4, 0.5) is 10.1 Å². The van der Waals surface area contributed by atoms with Crippen LogP contribution in [0.1, 0.15) is 40.2 Å². The Morgan fingerprint density at radius 1 is 1.00 bits per heavy atom. The molecule has 2 aromatic heterocycles. The second kappa shape index (κ2) is 9.47. The number of rotatable bonds is 5. The largest absolute Gasteiger partial charge is 0.339 e. The molecule has 0 spiro atoms. The SMILES string of the molecule is O=C(Cc1ccn2ccnc2c1)Nc1ccc(C2CCN(C(=O)c3ccccc3)CC2)cc1F. The molecule has 0 aliphatic carbocycles. The maximum absolute atomic E-state index is 14.8. The second-order valence-corrected chi connectivity index (χ2v) is 8.62. The fraction of sp³-hybridized carbons (Fsp3) is 0.222. The number of nitrogens with one attached hydrogen (secondary N) is 1. The van der Waals surface area contributed by atoms with Gasteiger partial charge in [0.25, 0.3) is 5.91 Å². The summed E-state index contributed by atoms with van der Waals surface area (Å²) in [6.07, 6.45) is 7.07. The Morgan fingerprint density at radius 3 is 2.56 bits per heavy atom. The monoisotopic (exact) mass is 456 g/mol. The van der Waals surface area contributed by atoms with E-state index in [9.17, 15) is 14.0 Å². The summed E-state index contributed by atoms with van der Waals surface area (Å²) in [6, 6.07) is 18.0. The maximum Gasteiger partial charge on any atom is 0.253 e. The van der Waals surface area contributed by atoms with Gasteiger partial charge in [-0.25, -0.2) is 9.37 Å². The number of benzene rings is 2. The van der Waals surface area contributed by atoms with Crippen molar-refractivity contribution in [3.63, 3.8) is 0 Å². The van der Waals surface area contributed by atoms with Crippen LogP contribution in [0.15, 0.2) is 79.3 Å². The number of carbonyl (C=O) groups is 2. The minimum Gasteiger partial charge on any atom is -0.339 e. The first-order chi connectivity index (χ1) is 16.6. The van der Waals surface area contributed by atoms with E-state index in [1.54, 1.807) is 12.3 Å². The number of hydrogen-bond acceptors (Lipinski definition) is 3. The molecule has 0 radical (unpaired) electrons. The summed E-state index contributed by atoms with van der Waals surface area (Å²) in [5.74, 6) is -0.511. The summed E-state index contributed by atoms with van der Waals surface area (Å²) in [6.45, 7) is 1.28. The standard InChI is InChI=1S/C27H25FN4O2/c28-23-18-22(20-9-13-32(14-10-20)27(34)21-4-2-1-3-5-21)6-7-24(23)30-26(33)17-19-8-12-31-15-11-29-25(31)16-19/h1-8,11-12,15-16,18,20H,9-10,13-14,17H2,(H,30,33). The summed E-state index contributed by atoms with van der Waals surface area (Å²) in [5, 5.41) is 2.68. The fourth-order valence-corrected chi connectivity index (χ4v) is 4.51. The normalized spacial score (nSPS) is 14.3. The molecule has 6 nitrogen and oxygen atoms in total. The van der Waals surface area contributed by atoms with E-state index in [4.69, 9.17) is 0 Å². The molecule has 3 heterocycles. The summed E-state index contributed by atoms with van der Waals surface area (Å²) in [7, 11) is 0. The first-order valence-electron chi connectivity index (χ1n) is 11.4. The molecule has 34 heavy (non-hydrogen) atoms. The lowest BCUT2D eigenvalue weighted by Gasteiger charge is -2.32. The number of fused-ring (bicyclic) bond motifs is 1. The van der Waals surface area contributed by atoms with Crippen LogP contribution in [0.2, 0.25) is 0 Å². The van der Waals surface area contributed by atoms with Gasteiger partial charge in [-0.15, -0.1) is 0 Å². The first kappa shape index (κ1) is 21.8. The predicted octanol–water partition coefficient (Wildman–Crippen LogP) is 4.67. The van der Waals surface area contributed by atoms with Crippen LogP contribution < -0.4 is 5.32 Å². The molecule has 0 unspecified atom stereocenters. The molecule has 0 saturated carbocycles. The highest BCUT2D eigenvalue weighted by Gasteiger charge is 2.25. The number of piperidine rings is 1. The second-order valence-electron chi connectivity index (χ2n) is 8.62. The van der Waals surface area contributed by atoms with Crippen molar-refractivity contribution in [1.82, 2.24) is 14.3 Å². The lowest BCUT2D eigenvalue weighted by Crippen LogP contribution is -2.37. The van der Waals surface area contributed by atoms with Gasteiger partial charge in [0.05, 0.1) is 12.1 Å². The molecule has 7 heteroatoms. The Morgan fingerprint density at radius 2 is 1.79 bits per heavy atom. The number of pyridine rings is 1. The topological polar surface area (TPSA) is 66.7 Å². The third-order valence-electron chi connectivity index (χ3n) is 6.37. The number of halogens is 1.